The second kappa shape index (κ2) is 4.67. The molecule has 1 rings (SSSR count). The van der Waals surface area contributed by atoms with Crippen molar-refractivity contribution in [1.82, 2.24) is 0 Å². The van der Waals surface area contributed by atoms with E-state index in [4.69, 9.17) is 5.73 Å². The molecular weight excluding hydrogens is 240 g/mol. The molecule has 0 radical (unpaired) electrons. The maximum Gasteiger partial charge on any atom is 0.124 e. The van der Waals surface area contributed by atoms with Crippen molar-refractivity contribution in [3.63, 3.8) is 0 Å². The third kappa shape index (κ3) is 3.04. The number of halogens is 3. The van der Waals surface area contributed by atoms with E-state index in [2.05, 4.69) is 15.9 Å². The Hall–Kier alpha value is -0.480. The van der Waals surface area contributed by atoms with Crippen LogP contribution in [0.1, 0.15) is 18.0 Å². The highest BCUT2D eigenvalue weighted by Crippen LogP contribution is 2.20. The number of benzene rings is 1. The van der Waals surface area contributed by atoms with Crippen molar-refractivity contribution >= 4 is 15.9 Å². The first-order valence-electron chi connectivity index (χ1n) is 3.91. The first kappa shape index (κ1) is 10.6. The highest BCUT2D eigenvalue weighted by atomic mass is 79.9. The van der Waals surface area contributed by atoms with E-state index in [9.17, 15) is 8.78 Å². The lowest BCUT2D eigenvalue weighted by Crippen LogP contribution is -2.11. The summed E-state index contributed by atoms with van der Waals surface area (Å²) in [7, 11) is 0. The highest BCUT2D eigenvalue weighted by molar-refractivity contribution is 9.10. The lowest BCUT2D eigenvalue weighted by atomic mass is 10.1. The summed E-state index contributed by atoms with van der Waals surface area (Å²) in [5, 5.41) is 0. The fourth-order valence-corrected chi connectivity index (χ4v) is 1.56. The van der Waals surface area contributed by atoms with Gasteiger partial charge >= 0.3 is 0 Å². The van der Waals surface area contributed by atoms with Crippen molar-refractivity contribution in [2.75, 3.05) is 6.67 Å². The largest absolute Gasteiger partial charge is 0.324 e. The number of rotatable bonds is 3. The molecule has 0 fully saturated rings. The van der Waals surface area contributed by atoms with Gasteiger partial charge in [0.1, 0.15) is 5.82 Å². The highest BCUT2D eigenvalue weighted by Gasteiger charge is 2.07. The predicted molar refractivity (Wildman–Crippen MR) is 51.6 cm³/mol. The fourth-order valence-electron chi connectivity index (χ4n) is 1.07. The van der Waals surface area contributed by atoms with E-state index in [0.29, 0.717) is 10.0 Å². The molecule has 72 valence electrons. The molecule has 0 aliphatic rings. The van der Waals surface area contributed by atoms with Crippen molar-refractivity contribution in [1.29, 1.82) is 0 Å². The van der Waals surface area contributed by atoms with E-state index < -0.39 is 12.7 Å². The summed E-state index contributed by atoms with van der Waals surface area (Å²) in [5.41, 5.74) is 6.23. The van der Waals surface area contributed by atoms with E-state index in [0.717, 1.165) is 0 Å². The molecule has 1 nitrogen and oxygen atoms in total. The Balaban J connectivity index is 2.87. The van der Waals surface area contributed by atoms with Gasteiger partial charge in [-0.2, -0.15) is 0 Å². The Morgan fingerprint density at radius 1 is 1.38 bits per heavy atom. The molecule has 0 heterocycles. The molecule has 2 N–H and O–H groups in total. The van der Waals surface area contributed by atoms with E-state index in [1.807, 2.05) is 0 Å². The van der Waals surface area contributed by atoms with Gasteiger partial charge in [-0.3, -0.25) is 4.39 Å². The van der Waals surface area contributed by atoms with Gasteiger partial charge in [0, 0.05) is 10.5 Å². The van der Waals surface area contributed by atoms with Gasteiger partial charge in [0.15, 0.2) is 0 Å². The van der Waals surface area contributed by atoms with Crippen molar-refractivity contribution in [3.05, 3.63) is 34.1 Å². The Morgan fingerprint density at radius 2 is 2.08 bits per heavy atom. The molecule has 0 aliphatic heterocycles. The van der Waals surface area contributed by atoms with Crippen molar-refractivity contribution in [3.8, 4) is 0 Å². The second-order valence-corrected chi connectivity index (χ2v) is 3.70. The van der Waals surface area contributed by atoms with Crippen LogP contribution in [0, 0.1) is 5.82 Å². The minimum absolute atomic E-state index is 0.218. The molecule has 0 bridgehead atoms. The van der Waals surface area contributed by atoms with Crippen LogP contribution < -0.4 is 5.73 Å². The van der Waals surface area contributed by atoms with Crippen molar-refractivity contribution in [2.45, 2.75) is 12.5 Å². The Labute approximate surface area is 84.1 Å². The van der Waals surface area contributed by atoms with Crippen LogP contribution >= 0.6 is 15.9 Å². The van der Waals surface area contributed by atoms with Crippen molar-refractivity contribution < 1.29 is 8.78 Å². The number of alkyl halides is 1. The summed E-state index contributed by atoms with van der Waals surface area (Å²) in [6.07, 6.45) is 0.218. The SMILES string of the molecule is N[C@@H](CCF)c1cc(F)cc(Br)c1. The molecule has 0 amide bonds. The minimum Gasteiger partial charge on any atom is -0.324 e. The molecule has 1 aromatic rings. The van der Waals surface area contributed by atoms with Gasteiger partial charge in [-0.05, 0) is 30.2 Å². The summed E-state index contributed by atoms with van der Waals surface area (Å²) in [5.74, 6) is -0.362. The smallest absolute Gasteiger partial charge is 0.124 e. The summed E-state index contributed by atoms with van der Waals surface area (Å²) >= 11 is 3.14. The van der Waals surface area contributed by atoms with Crippen LogP contribution in [0.5, 0.6) is 0 Å². The zero-order valence-electron chi connectivity index (χ0n) is 6.93. The van der Waals surface area contributed by atoms with Gasteiger partial charge in [-0.1, -0.05) is 15.9 Å². The Morgan fingerprint density at radius 3 is 2.62 bits per heavy atom. The quantitative estimate of drug-likeness (QED) is 0.876. The number of hydrogen-bond donors (Lipinski definition) is 1. The van der Waals surface area contributed by atoms with Gasteiger partial charge in [0.2, 0.25) is 0 Å². The van der Waals surface area contributed by atoms with Crippen LogP contribution in [0.15, 0.2) is 22.7 Å². The van der Waals surface area contributed by atoms with E-state index >= 15 is 0 Å². The van der Waals surface area contributed by atoms with Crippen LogP contribution in [0.3, 0.4) is 0 Å². The molecule has 0 spiro atoms. The molecule has 1 aromatic carbocycles. The van der Waals surface area contributed by atoms with Gasteiger partial charge in [-0.25, -0.2) is 4.39 Å². The van der Waals surface area contributed by atoms with Crippen LogP contribution in [-0.4, -0.2) is 6.67 Å². The van der Waals surface area contributed by atoms with Crippen LogP contribution in [-0.2, 0) is 0 Å². The molecule has 1 atom stereocenters. The standard InChI is InChI=1S/C9H10BrF2N/c10-7-3-6(4-8(12)5-7)9(13)1-2-11/h3-5,9H,1-2,13H2/t9-/m0/s1. The normalized spacial score (nSPS) is 12.9. The molecule has 13 heavy (non-hydrogen) atoms. The Kier molecular flexibility index (Phi) is 3.81. The molecule has 0 saturated carbocycles. The number of hydrogen-bond acceptors (Lipinski definition) is 1. The Bertz CT molecular complexity index is 271. The lowest BCUT2D eigenvalue weighted by molar-refractivity contribution is 0.441. The first-order valence-corrected chi connectivity index (χ1v) is 4.70. The monoisotopic (exact) mass is 249 g/mol. The summed E-state index contributed by atoms with van der Waals surface area (Å²) < 4.78 is 25.4. The molecule has 0 unspecified atom stereocenters. The molecule has 0 saturated heterocycles. The van der Waals surface area contributed by atoms with Gasteiger partial charge in [0.25, 0.3) is 0 Å². The third-order valence-corrected chi connectivity index (χ3v) is 2.19. The third-order valence-electron chi connectivity index (χ3n) is 1.73. The first-order chi connectivity index (χ1) is 6.13. The van der Waals surface area contributed by atoms with Gasteiger partial charge in [-0.15, -0.1) is 0 Å². The number of nitrogens with two attached hydrogens (primary N) is 1. The topological polar surface area (TPSA) is 26.0 Å². The summed E-state index contributed by atoms with van der Waals surface area (Å²) in [6.45, 7) is -0.491. The van der Waals surface area contributed by atoms with E-state index in [1.165, 1.54) is 12.1 Å². The van der Waals surface area contributed by atoms with E-state index in [-0.39, 0.29) is 12.2 Å². The average Bonchev–Trinajstić information content (AvgIpc) is 2.03. The molecule has 4 heteroatoms. The van der Waals surface area contributed by atoms with Crippen molar-refractivity contribution in [2.24, 2.45) is 5.73 Å². The van der Waals surface area contributed by atoms with E-state index in [1.54, 1.807) is 6.07 Å². The maximum absolute atomic E-state index is 12.8. The zero-order valence-corrected chi connectivity index (χ0v) is 8.52. The lowest BCUT2D eigenvalue weighted by Gasteiger charge is -2.10. The minimum atomic E-state index is -0.491. The predicted octanol–water partition coefficient (Wildman–Crippen LogP) is 2.95. The maximum atomic E-state index is 12.8. The molecule has 0 aliphatic carbocycles. The summed E-state index contributed by atoms with van der Waals surface area (Å²) in [4.78, 5) is 0. The van der Waals surface area contributed by atoms with Crippen LogP contribution in [0.25, 0.3) is 0 Å². The zero-order chi connectivity index (χ0) is 9.84. The average molecular weight is 250 g/mol. The summed E-state index contributed by atoms with van der Waals surface area (Å²) in [6, 6.07) is 3.93. The molecule has 0 aromatic heterocycles. The molecular formula is C9H10BrF2N. The van der Waals surface area contributed by atoms with Crippen LogP contribution in [0.4, 0.5) is 8.78 Å². The van der Waals surface area contributed by atoms with Crippen LogP contribution in [0.2, 0.25) is 0 Å². The van der Waals surface area contributed by atoms with Gasteiger partial charge in [0.05, 0.1) is 6.67 Å². The second-order valence-electron chi connectivity index (χ2n) is 2.79. The fraction of sp³-hybridized carbons (Fsp3) is 0.333. The van der Waals surface area contributed by atoms with Gasteiger partial charge < -0.3 is 5.73 Å².